The number of rotatable bonds is 4. The van der Waals surface area contributed by atoms with Gasteiger partial charge in [0.05, 0.1) is 5.02 Å². The number of halogens is 1. The van der Waals surface area contributed by atoms with Crippen LogP contribution in [0, 0.1) is 6.92 Å². The molecule has 0 aliphatic carbocycles. The molecule has 0 spiro atoms. The lowest BCUT2D eigenvalue weighted by atomic mass is 10.2. The number of hydrogen-bond donors (Lipinski definition) is 1. The van der Waals surface area contributed by atoms with Gasteiger partial charge >= 0.3 is 0 Å². The van der Waals surface area contributed by atoms with Crippen LogP contribution in [0.1, 0.15) is 26.3 Å². The minimum absolute atomic E-state index is 0.0758. The Morgan fingerprint density at radius 1 is 1.23 bits per heavy atom. The third kappa shape index (κ3) is 3.19. The summed E-state index contributed by atoms with van der Waals surface area (Å²) < 4.78 is 1.04. The van der Waals surface area contributed by atoms with E-state index in [9.17, 15) is 4.79 Å². The van der Waals surface area contributed by atoms with Crippen LogP contribution < -0.4 is 5.32 Å². The SMILES string of the molecule is Cc1ccc(CC(C)NC(=O)c2sc3ccccc3c2Cl)s1. The van der Waals surface area contributed by atoms with E-state index < -0.39 is 0 Å². The van der Waals surface area contributed by atoms with Gasteiger partial charge in [0, 0.05) is 32.3 Å². The second kappa shape index (κ2) is 6.41. The number of hydrogen-bond acceptors (Lipinski definition) is 3. The summed E-state index contributed by atoms with van der Waals surface area (Å²) in [7, 11) is 0. The van der Waals surface area contributed by atoms with Crippen LogP contribution in [-0.2, 0) is 6.42 Å². The maximum absolute atomic E-state index is 12.5. The highest BCUT2D eigenvalue weighted by atomic mass is 35.5. The predicted octanol–water partition coefficient (Wildman–Crippen LogP) is 5.29. The average molecular weight is 350 g/mol. The van der Waals surface area contributed by atoms with Crippen molar-refractivity contribution in [1.29, 1.82) is 0 Å². The molecule has 0 saturated carbocycles. The van der Waals surface area contributed by atoms with Crippen molar-refractivity contribution in [2.75, 3.05) is 0 Å². The van der Waals surface area contributed by atoms with E-state index in [-0.39, 0.29) is 11.9 Å². The Morgan fingerprint density at radius 3 is 2.68 bits per heavy atom. The molecule has 114 valence electrons. The highest BCUT2D eigenvalue weighted by Crippen LogP contribution is 2.35. The Hall–Kier alpha value is -1.36. The second-order valence-electron chi connectivity index (χ2n) is 5.33. The summed E-state index contributed by atoms with van der Waals surface area (Å²) in [6, 6.07) is 12.1. The predicted molar refractivity (Wildman–Crippen MR) is 96.5 cm³/mol. The maximum atomic E-state index is 12.5. The number of aryl methyl sites for hydroxylation is 1. The first kappa shape index (κ1) is 15.5. The summed E-state index contributed by atoms with van der Waals surface area (Å²) in [6.45, 7) is 4.11. The van der Waals surface area contributed by atoms with Gasteiger partial charge in [-0.05, 0) is 32.0 Å². The van der Waals surface area contributed by atoms with Crippen LogP contribution in [0.4, 0.5) is 0 Å². The van der Waals surface area contributed by atoms with Gasteiger partial charge in [-0.25, -0.2) is 0 Å². The Morgan fingerprint density at radius 2 is 2.00 bits per heavy atom. The highest BCUT2D eigenvalue weighted by Gasteiger charge is 2.18. The third-order valence-electron chi connectivity index (χ3n) is 3.42. The summed E-state index contributed by atoms with van der Waals surface area (Å²) in [5, 5.41) is 4.55. The molecule has 2 nitrogen and oxygen atoms in total. The topological polar surface area (TPSA) is 29.1 Å². The van der Waals surface area contributed by atoms with Gasteiger partial charge in [0.25, 0.3) is 5.91 Å². The summed E-state index contributed by atoms with van der Waals surface area (Å²) >= 11 is 9.56. The van der Waals surface area contributed by atoms with E-state index in [1.165, 1.54) is 21.1 Å². The number of thiophene rings is 2. The summed E-state index contributed by atoms with van der Waals surface area (Å²) in [5.41, 5.74) is 0. The molecule has 3 aromatic rings. The molecule has 1 N–H and O–H groups in total. The second-order valence-corrected chi connectivity index (χ2v) is 8.13. The Balaban J connectivity index is 1.74. The molecule has 2 aromatic heterocycles. The lowest BCUT2D eigenvalue weighted by Crippen LogP contribution is -2.33. The number of amides is 1. The molecule has 1 amide bonds. The van der Waals surface area contributed by atoms with Crippen molar-refractivity contribution < 1.29 is 4.79 Å². The quantitative estimate of drug-likeness (QED) is 0.681. The molecule has 1 atom stereocenters. The van der Waals surface area contributed by atoms with Gasteiger partial charge < -0.3 is 5.32 Å². The molecule has 0 aliphatic heterocycles. The lowest BCUT2D eigenvalue weighted by molar-refractivity contribution is 0.0944. The molecule has 0 fully saturated rings. The van der Waals surface area contributed by atoms with Crippen molar-refractivity contribution in [2.24, 2.45) is 0 Å². The number of carbonyl (C=O) groups excluding carboxylic acids is 1. The smallest absolute Gasteiger partial charge is 0.263 e. The molecule has 1 aromatic carbocycles. The lowest BCUT2D eigenvalue weighted by Gasteiger charge is -2.12. The van der Waals surface area contributed by atoms with Crippen LogP contribution in [0.2, 0.25) is 5.02 Å². The largest absolute Gasteiger partial charge is 0.348 e. The van der Waals surface area contributed by atoms with Crippen LogP contribution in [0.5, 0.6) is 0 Å². The van der Waals surface area contributed by atoms with E-state index in [4.69, 9.17) is 11.6 Å². The fourth-order valence-corrected chi connectivity index (χ4v) is 4.84. The number of carbonyl (C=O) groups is 1. The molecule has 22 heavy (non-hydrogen) atoms. The van der Waals surface area contributed by atoms with E-state index in [2.05, 4.69) is 24.4 Å². The molecule has 0 saturated heterocycles. The van der Waals surface area contributed by atoms with E-state index in [0.29, 0.717) is 9.90 Å². The van der Waals surface area contributed by atoms with E-state index >= 15 is 0 Å². The standard InChI is InChI=1S/C17H16ClNOS2/c1-10(9-12-8-7-11(2)21-12)19-17(20)16-15(18)13-5-3-4-6-14(13)22-16/h3-8,10H,9H2,1-2H3,(H,19,20). The third-order valence-corrected chi connectivity index (χ3v) is 6.12. The van der Waals surface area contributed by atoms with Gasteiger partial charge in [0.1, 0.15) is 4.88 Å². The van der Waals surface area contributed by atoms with Crippen LogP contribution in [0.15, 0.2) is 36.4 Å². The van der Waals surface area contributed by atoms with Crippen molar-refractivity contribution in [3.63, 3.8) is 0 Å². The van der Waals surface area contributed by atoms with Gasteiger partial charge in [-0.2, -0.15) is 0 Å². The summed E-state index contributed by atoms with van der Waals surface area (Å²) in [4.78, 5) is 15.6. The van der Waals surface area contributed by atoms with Crippen LogP contribution in [0.3, 0.4) is 0 Å². The first-order valence-corrected chi connectivity index (χ1v) is 9.09. The van der Waals surface area contributed by atoms with Gasteiger partial charge in [-0.15, -0.1) is 22.7 Å². The van der Waals surface area contributed by atoms with Crippen molar-refractivity contribution in [3.8, 4) is 0 Å². The monoisotopic (exact) mass is 349 g/mol. The fourth-order valence-electron chi connectivity index (χ4n) is 2.40. The number of fused-ring (bicyclic) bond motifs is 1. The molecule has 0 radical (unpaired) electrons. The molecule has 0 bridgehead atoms. The fraction of sp³-hybridized carbons (Fsp3) is 0.235. The zero-order chi connectivity index (χ0) is 15.7. The number of nitrogens with one attached hydrogen (secondary N) is 1. The van der Waals surface area contributed by atoms with Gasteiger partial charge in [-0.3, -0.25) is 4.79 Å². The van der Waals surface area contributed by atoms with Crippen molar-refractivity contribution in [1.82, 2.24) is 5.32 Å². The molecular formula is C17H16ClNOS2. The van der Waals surface area contributed by atoms with Crippen molar-refractivity contribution >= 4 is 50.3 Å². The van der Waals surface area contributed by atoms with Crippen LogP contribution in [-0.4, -0.2) is 11.9 Å². The first-order valence-electron chi connectivity index (χ1n) is 7.08. The molecule has 1 unspecified atom stereocenters. The maximum Gasteiger partial charge on any atom is 0.263 e. The average Bonchev–Trinajstić information content (AvgIpc) is 3.03. The molecule has 3 rings (SSSR count). The zero-order valence-electron chi connectivity index (χ0n) is 12.4. The highest BCUT2D eigenvalue weighted by molar-refractivity contribution is 7.21. The Bertz CT molecular complexity index is 821. The van der Waals surface area contributed by atoms with Crippen molar-refractivity contribution in [2.45, 2.75) is 26.3 Å². The molecule has 2 heterocycles. The number of benzene rings is 1. The molecule has 5 heteroatoms. The summed E-state index contributed by atoms with van der Waals surface area (Å²) in [6.07, 6.45) is 0.840. The first-order chi connectivity index (χ1) is 10.5. The minimum atomic E-state index is -0.0908. The van der Waals surface area contributed by atoms with Crippen molar-refractivity contribution in [3.05, 3.63) is 56.1 Å². The van der Waals surface area contributed by atoms with Crippen LogP contribution in [0.25, 0.3) is 10.1 Å². The minimum Gasteiger partial charge on any atom is -0.348 e. The summed E-state index contributed by atoms with van der Waals surface area (Å²) in [5.74, 6) is -0.0908. The van der Waals surface area contributed by atoms with Crippen LogP contribution >= 0.6 is 34.3 Å². The normalized spacial score (nSPS) is 12.5. The zero-order valence-corrected chi connectivity index (χ0v) is 14.7. The van der Waals surface area contributed by atoms with E-state index in [1.54, 1.807) is 11.3 Å². The van der Waals surface area contributed by atoms with Gasteiger partial charge in [0.2, 0.25) is 0 Å². The Labute approximate surface area is 142 Å². The molecule has 0 aliphatic rings. The van der Waals surface area contributed by atoms with E-state index in [1.807, 2.05) is 31.2 Å². The van der Waals surface area contributed by atoms with E-state index in [0.717, 1.165) is 16.5 Å². The van der Waals surface area contributed by atoms with Gasteiger partial charge in [-0.1, -0.05) is 29.8 Å². The van der Waals surface area contributed by atoms with Gasteiger partial charge in [0.15, 0.2) is 0 Å². The Kier molecular flexibility index (Phi) is 4.52. The molecular weight excluding hydrogens is 334 g/mol.